The predicted octanol–water partition coefficient (Wildman–Crippen LogP) is 3.79. The summed E-state index contributed by atoms with van der Waals surface area (Å²) in [4.78, 5) is 39.4. The molecule has 2 rings (SSSR count). The topological polar surface area (TPSA) is 75.7 Å². The van der Waals surface area contributed by atoms with Gasteiger partial charge in [-0.3, -0.25) is 9.59 Å². The molecular formula is C22H25ClN2O4S. The Labute approximate surface area is 185 Å². The van der Waals surface area contributed by atoms with Gasteiger partial charge in [0.2, 0.25) is 0 Å². The Kier molecular flexibility index (Phi) is 9.20. The molecule has 2 aromatic rings. The first-order valence-corrected chi connectivity index (χ1v) is 11.2. The van der Waals surface area contributed by atoms with Gasteiger partial charge in [0.1, 0.15) is 6.04 Å². The van der Waals surface area contributed by atoms with Gasteiger partial charge in [-0.1, -0.05) is 41.9 Å². The van der Waals surface area contributed by atoms with E-state index in [4.69, 9.17) is 16.3 Å². The lowest BCUT2D eigenvalue weighted by Crippen LogP contribution is -2.45. The second kappa shape index (κ2) is 11.6. The van der Waals surface area contributed by atoms with Crippen molar-refractivity contribution >= 4 is 46.8 Å². The SMILES string of the molecule is CSCCC(NC(=O)c1ccccc1Cl)C(=O)OC(C)C(=O)N(C)c1ccccc1. The van der Waals surface area contributed by atoms with Crippen LogP contribution in [-0.4, -0.2) is 49.0 Å². The molecule has 0 radical (unpaired) electrons. The first-order valence-electron chi connectivity index (χ1n) is 9.42. The molecule has 2 atom stereocenters. The number of para-hydroxylation sites is 1. The number of hydrogen-bond acceptors (Lipinski definition) is 5. The Bertz CT molecular complexity index is 878. The standard InChI is InChI=1S/C22H25ClN2O4S/c1-15(21(27)25(2)16-9-5-4-6-10-16)29-22(28)19(13-14-30-3)24-20(26)17-11-7-8-12-18(17)23/h4-12,15,19H,13-14H2,1-3H3,(H,24,26). The Morgan fingerprint density at radius 3 is 2.37 bits per heavy atom. The van der Waals surface area contributed by atoms with Gasteiger partial charge in [-0.25, -0.2) is 4.79 Å². The van der Waals surface area contributed by atoms with Crippen molar-refractivity contribution in [2.45, 2.75) is 25.5 Å². The van der Waals surface area contributed by atoms with Crippen LogP contribution in [0.4, 0.5) is 5.69 Å². The molecule has 0 spiro atoms. The number of nitrogens with zero attached hydrogens (tertiary/aromatic N) is 1. The number of ether oxygens (including phenoxy) is 1. The number of esters is 1. The summed E-state index contributed by atoms with van der Waals surface area (Å²) in [6.45, 7) is 1.52. The van der Waals surface area contributed by atoms with E-state index >= 15 is 0 Å². The van der Waals surface area contributed by atoms with E-state index in [2.05, 4.69) is 5.32 Å². The van der Waals surface area contributed by atoms with E-state index in [1.807, 2.05) is 24.5 Å². The summed E-state index contributed by atoms with van der Waals surface area (Å²) < 4.78 is 5.39. The van der Waals surface area contributed by atoms with Crippen molar-refractivity contribution < 1.29 is 19.1 Å². The van der Waals surface area contributed by atoms with E-state index in [-0.39, 0.29) is 11.5 Å². The quantitative estimate of drug-likeness (QED) is 0.591. The fraction of sp³-hybridized carbons (Fsp3) is 0.318. The largest absolute Gasteiger partial charge is 0.451 e. The van der Waals surface area contributed by atoms with Crippen molar-refractivity contribution in [2.24, 2.45) is 0 Å². The highest BCUT2D eigenvalue weighted by molar-refractivity contribution is 7.98. The zero-order valence-corrected chi connectivity index (χ0v) is 18.7. The number of rotatable bonds is 9. The number of nitrogens with one attached hydrogen (secondary N) is 1. The second-order valence-corrected chi connectivity index (χ2v) is 7.99. The fourth-order valence-electron chi connectivity index (χ4n) is 2.72. The van der Waals surface area contributed by atoms with E-state index < -0.39 is 24.0 Å². The van der Waals surface area contributed by atoms with Gasteiger partial charge in [0.15, 0.2) is 6.10 Å². The minimum Gasteiger partial charge on any atom is -0.451 e. The van der Waals surface area contributed by atoms with Crippen LogP contribution in [0.1, 0.15) is 23.7 Å². The van der Waals surface area contributed by atoms with Crippen molar-refractivity contribution in [3.05, 3.63) is 65.2 Å². The third-order valence-corrected chi connectivity index (χ3v) is 5.41. The van der Waals surface area contributed by atoms with E-state index in [9.17, 15) is 14.4 Å². The van der Waals surface area contributed by atoms with E-state index in [1.165, 1.54) is 11.8 Å². The zero-order valence-electron chi connectivity index (χ0n) is 17.1. The van der Waals surface area contributed by atoms with Crippen LogP contribution in [-0.2, 0) is 14.3 Å². The summed E-state index contributed by atoms with van der Waals surface area (Å²) in [5.74, 6) is -0.860. The minimum absolute atomic E-state index is 0.272. The molecule has 30 heavy (non-hydrogen) atoms. The lowest BCUT2D eigenvalue weighted by atomic mass is 10.1. The van der Waals surface area contributed by atoms with Gasteiger partial charge in [-0.2, -0.15) is 11.8 Å². The summed E-state index contributed by atoms with van der Waals surface area (Å²) in [6.07, 6.45) is 1.27. The number of benzene rings is 2. The molecule has 2 aromatic carbocycles. The third-order valence-electron chi connectivity index (χ3n) is 4.43. The Morgan fingerprint density at radius 2 is 1.73 bits per heavy atom. The summed E-state index contributed by atoms with van der Waals surface area (Å²) in [6, 6.07) is 14.8. The number of amides is 2. The highest BCUT2D eigenvalue weighted by Crippen LogP contribution is 2.16. The van der Waals surface area contributed by atoms with Crippen molar-refractivity contribution in [1.29, 1.82) is 0 Å². The summed E-state index contributed by atoms with van der Waals surface area (Å²) in [5, 5.41) is 2.97. The van der Waals surface area contributed by atoms with Gasteiger partial charge >= 0.3 is 5.97 Å². The molecule has 0 fully saturated rings. The average molecular weight is 449 g/mol. The minimum atomic E-state index is -1.00. The molecule has 0 bridgehead atoms. The molecule has 0 saturated heterocycles. The van der Waals surface area contributed by atoms with Gasteiger partial charge in [-0.15, -0.1) is 0 Å². The van der Waals surface area contributed by atoms with Gasteiger partial charge < -0.3 is 15.0 Å². The van der Waals surface area contributed by atoms with Gasteiger partial charge in [-0.05, 0) is 49.6 Å². The van der Waals surface area contributed by atoms with Crippen LogP contribution in [0.2, 0.25) is 5.02 Å². The molecule has 0 aliphatic rings. The van der Waals surface area contributed by atoms with Crippen molar-refractivity contribution in [3.8, 4) is 0 Å². The molecule has 0 aliphatic carbocycles. The highest BCUT2D eigenvalue weighted by Gasteiger charge is 2.28. The molecule has 0 aromatic heterocycles. The lowest BCUT2D eigenvalue weighted by molar-refractivity contribution is -0.155. The molecule has 0 aliphatic heterocycles. The summed E-state index contributed by atoms with van der Waals surface area (Å²) >= 11 is 7.61. The van der Waals surface area contributed by atoms with Crippen molar-refractivity contribution in [2.75, 3.05) is 24.0 Å². The second-order valence-electron chi connectivity index (χ2n) is 6.60. The number of thioether (sulfide) groups is 1. The molecule has 0 heterocycles. The van der Waals surface area contributed by atoms with Crippen LogP contribution in [0.3, 0.4) is 0 Å². The molecule has 160 valence electrons. The maximum atomic E-state index is 12.7. The molecule has 2 unspecified atom stereocenters. The van der Waals surface area contributed by atoms with Crippen LogP contribution in [0.25, 0.3) is 0 Å². The number of carbonyl (C=O) groups is 3. The van der Waals surface area contributed by atoms with Crippen molar-refractivity contribution in [3.63, 3.8) is 0 Å². The Balaban J connectivity index is 2.06. The average Bonchev–Trinajstić information content (AvgIpc) is 2.76. The molecule has 0 saturated carbocycles. The molecule has 6 nitrogen and oxygen atoms in total. The Morgan fingerprint density at radius 1 is 1.10 bits per heavy atom. The number of anilines is 1. The number of hydrogen-bond donors (Lipinski definition) is 1. The predicted molar refractivity (Wildman–Crippen MR) is 121 cm³/mol. The van der Waals surface area contributed by atoms with Crippen LogP contribution in [0, 0.1) is 0 Å². The number of carbonyl (C=O) groups excluding carboxylic acids is 3. The van der Waals surface area contributed by atoms with E-state index in [0.717, 1.165) is 0 Å². The lowest BCUT2D eigenvalue weighted by Gasteiger charge is -2.24. The molecule has 1 N–H and O–H groups in total. The first kappa shape index (κ1) is 23.8. The van der Waals surface area contributed by atoms with E-state index in [0.29, 0.717) is 22.9 Å². The van der Waals surface area contributed by atoms with Crippen LogP contribution in [0.15, 0.2) is 54.6 Å². The molecule has 2 amide bonds. The normalized spacial score (nSPS) is 12.5. The van der Waals surface area contributed by atoms with Gasteiger partial charge in [0.05, 0.1) is 10.6 Å². The smallest absolute Gasteiger partial charge is 0.329 e. The molecule has 8 heteroatoms. The maximum absolute atomic E-state index is 12.7. The zero-order chi connectivity index (χ0) is 22.1. The molecular weight excluding hydrogens is 424 g/mol. The maximum Gasteiger partial charge on any atom is 0.329 e. The van der Waals surface area contributed by atoms with Crippen LogP contribution < -0.4 is 10.2 Å². The van der Waals surface area contributed by atoms with Crippen LogP contribution in [0.5, 0.6) is 0 Å². The van der Waals surface area contributed by atoms with E-state index in [1.54, 1.807) is 55.2 Å². The Hall–Kier alpha value is -2.51. The number of likely N-dealkylation sites (N-methyl/N-ethyl adjacent to an activating group) is 1. The third kappa shape index (κ3) is 6.50. The first-order chi connectivity index (χ1) is 14.3. The number of halogens is 1. The van der Waals surface area contributed by atoms with Crippen molar-refractivity contribution in [1.82, 2.24) is 5.32 Å². The monoisotopic (exact) mass is 448 g/mol. The van der Waals surface area contributed by atoms with Gasteiger partial charge in [0.25, 0.3) is 11.8 Å². The highest BCUT2D eigenvalue weighted by atomic mass is 35.5. The fourth-order valence-corrected chi connectivity index (χ4v) is 3.42. The summed E-state index contributed by atoms with van der Waals surface area (Å²) in [5.41, 5.74) is 0.963. The van der Waals surface area contributed by atoms with Gasteiger partial charge in [0, 0.05) is 12.7 Å². The van der Waals surface area contributed by atoms with Crippen LogP contribution >= 0.6 is 23.4 Å². The summed E-state index contributed by atoms with van der Waals surface area (Å²) in [7, 11) is 1.62.